The summed E-state index contributed by atoms with van der Waals surface area (Å²) in [6, 6.07) is 22.6. The summed E-state index contributed by atoms with van der Waals surface area (Å²) < 4.78 is 0. The molecule has 0 aromatic heterocycles. The lowest BCUT2D eigenvalue weighted by molar-refractivity contribution is 0.198. The van der Waals surface area contributed by atoms with E-state index in [4.69, 9.17) is 0 Å². The first kappa shape index (κ1) is 12.4. The fraction of sp³-hybridized carbons (Fsp3) is 0.294. The zero-order valence-electron chi connectivity index (χ0n) is 11.0. The molecule has 1 heterocycles. The van der Waals surface area contributed by atoms with Gasteiger partial charge in [-0.15, -0.1) is 0 Å². The number of nitrogens with one attached hydrogen (secondary N) is 1. The van der Waals surface area contributed by atoms with E-state index in [2.05, 4.69) is 58.7 Å². The summed E-state index contributed by atoms with van der Waals surface area (Å²) in [6.45, 7) is 4.33. The van der Waals surface area contributed by atoms with Gasteiger partial charge in [-0.25, -0.2) is 0 Å². The third-order valence-corrected chi connectivity index (χ3v) is 3.69. The maximum atomic E-state index is 3.42. The normalized spacial score (nSPS) is 16.7. The molecule has 2 heteroatoms. The highest BCUT2D eigenvalue weighted by Gasteiger charge is 2.23. The summed E-state index contributed by atoms with van der Waals surface area (Å²) in [5.74, 6) is 0. The van der Waals surface area contributed by atoms with Gasteiger partial charge >= 0.3 is 0 Å². The fourth-order valence-corrected chi connectivity index (χ4v) is 2.77. The summed E-state index contributed by atoms with van der Waals surface area (Å²) in [5.41, 5.74) is 2.72. The van der Waals surface area contributed by atoms with Gasteiger partial charge in [-0.3, -0.25) is 4.90 Å². The first-order chi connectivity index (χ1) is 9.45. The Morgan fingerprint density at radius 1 is 0.895 bits per heavy atom. The number of nitrogens with zero attached hydrogens (tertiary/aromatic N) is 1. The van der Waals surface area contributed by atoms with Gasteiger partial charge in [0.2, 0.25) is 0 Å². The van der Waals surface area contributed by atoms with Crippen LogP contribution in [-0.4, -0.2) is 31.1 Å². The second-order valence-corrected chi connectivity index (χ2v) is 4.93. The van der Waals surface area contributed by atoms with Crippen molar-refractivity contribution in [1.29, 1.82) is 0 Å². The molecule has 0 aliphatic carbocycles. The van der Waals surface area contributed by atoms with Crippen LogP contribution in [0, 0.1) is 6.07 Å². The van der Waals surface area contributed by atoms with E-state index >= 15 is 0 Å². The molecule has 1 aliphatic heterocycles. The Kier molecular flexibility index (Phi) is 3.92. The third kappa shape index (κ3) is 2.86. The minimum absolute atomic E-state index is 0.359. The summed E-state index contributed by atoms with van der Waals surface area (Å²) in [4.78, 5) is 2.56. The minimum atomic E-state index is 0.359. The summed E-state index contributed by atoms with van der Waals surface area (Å²) in [5, 5.41) is 3.42. The van der Waals surface area contributed by atoms with Gasteiger partial charge in [-0.2, -0.15) is 0 Å². The molecule has 0 amide bonds. The van der Waals surface area contributed by atoms with Crippen molar-refractivity contribution in [3.63, 3.8) is 0 Å². The van der Waals surface area contributed by atoms with Gasteiger partial charge in [0.25, 0.3) is 0 Å². The maximum Gasteiger partial charge on any atom is 0.0602 e. The molecule has 2 aromatic carbocycles. The highest BCUT2D eigenvalue weighted by Crippen LogP contribution is 2.28. The zero-order chi connectivity index (χ0) is 12.9. The second kappa shape index (κ2) is 6.00. The van der Waals surface area contributed by atoms with Gasteiger partial charge in [0.05, 0.1) is 6.04 Å². The van der Waals surface area contributed by atoms with Crippen molar-refractivity contribution in [3.05, 3.63) is 71.8 Å². The SMILES string of the molecule is [c]1ccc(C(c2ccccc2)N2CCNCC2)cc1. The smallest absolute Gasteiger partial charge is 0.0602 e. The number of benzene rings is 2. The highest BCUT2D eigenvalue weighted by molar-refractivity contribution is 5.31. The van der Waals surface area contributed by atoms with Crippen molar-refractivity contribution in [3.8, 4) is 0 Å². The van der Waals surface area contributed by atoms with E-state index in [1.807, 2.05) is 12.1 Å². The molecule has 1 radical (unpaired) electrons. The van der Waals surface area contributed by atoms with Crippen molar-refractivity contribution in [2.24, 2.45) is 0 Å². The standard InChI is InChI=1S/C17H19N2/c1-3-7-15(8-4-1)17(16-9-5-2-6-10-16)19-13-11-18-12-14-19/h1,3-10,17-18H,11-14H2. The molecule has 1 unspecified atom stereocenters. The van der Waals surface area contributed by atoms with Crippen LogP contribution < -0.4 is 5.32 Å². The van der Waals surface area contributed by atoms with E-state index in [0.29, 0.717) is 6.04 Å². The Labute approximate surface area is 115 Å². The molecule has 1 fully saturated rings. The van der Waals surface area contributed by atoms with Gasteiger partial charge in [-0.05, 0) is 17.2 Å². The lowest BCUT2D eigenvalue weighted by atomic mass is 9.96. The maximum absolute atomic E-state index is 3.42. The molecule has 3 rings (SSSR count). The number of piperazine rings is 1. The van der Waals surface area contributed by atoms with Gasteiger partial charge in [0.15, 0.2) is 0 Å². The first-order valence-electron chi connectivity index (χ1n) is 6.91. The molecule has 1 saturated heterocycles. The summed E-state index contributed by atoms with van der Waals surface area (Å²) in [6.07, 6.45) is 0. The third-order valence-electron chi connectivity index (χ3n) is 3.69. The average Bonchev–Trinajstić information content (AvgIpc) is 2.51. The van der Waals surface area contributed by atoms with Crippen LogP contribution in [-0.2, 0) is 0 Å². The fourth-order valence-electron chi connectivity index (χ4n) is 2.77. The van der Waals surface area contributed by atoms with Crippen molar-refractivity contribution in [2.45, 2.75) is 6.04 Å². The highest BCUT2D eigenvalue weighted by atomic mass is 15.2. The minimum Gasteiger partial charge on any atom is -0.314 e. The zero-order valence-corrected chi connectivity index (χ0v) is 11.0. The van der Waals surface area contributed by atoms with E-state index < -0.39 is 0 Å². The monoisotopic (exact) mass is 251 g/mol. The predicted octanol–water partition coefficient (Wildman–Crippen LogP) is 2.48. The molecular weight excluding hydrogens is 232 g/mol. The van der Waals surface area contributed by atoms with Crippen LogP contribution in [0.15, 0.2) is 54.6 Å². The quantitative estimate of drug-likeness (QED) is 0.901. The Balaban J connectivity index is 1.96. The van der Waals surface area contributed by atoms with Crippen LogP contribution >= 0.6 is 0 Å². The largest absolute Gasteiger partial charge is 0.314 e. The molecule has 0 spiro atoms. The molecular formula is C17H19N2. The number of hydrogen-bond donors (Lipinski definition) is 1. The predicted molar refractivity (Wildman–Crippen MR) is 78.0 cm³/mol. The van der Waals surface area contributed by atoms with E-state index in [-0.39, 0.29) is 0 Å². The van der Waals surface area contributed by atoms with Gasteiger partial charge in [0, 0.05) is 26.2 Å². The van der Waals surface area contributed by atoms with Crippen LogP contribution in [0.2, 0.25) is 0 Å². The lowest BCUT2D eigenvalue weighted by Crippen LogP contribution is -2.45. The van der Waals surface area contributed by atoms with E-state index in [0.717, 1.165) is 26.2 Å². The Bertz CT molecular complexity index is 450. The molecule has 2 aromatic rings. The molecule has 1 aliphatic rings. The average molecular weight is 251 g/mol. The molecule has 0 saturated carbocycles. The molecule has 0 bridgehead atoms. The Hall–Kier alpha value is -1.64. The van der Waals surface area contributed by atoms with E-state index in [1.165, 1.54) is 11.1 Å². The van der Waals surface area contributed by atoms with Crippen LogP contribution in [0.5, 0.6) is 0 Å². The van der Waals surface area contributed by atoms with Crippen molar-refractivity contribution < 1.29 is 0 Å². The van der Waals surface area contributed by atoms with Crippen molar-refractivity contribution in [2.75, 3.05) is 26.2 Å². The van der Waals surface area contributed by atoms with Crippen LogP contribution in [0.4, 0.5) is 0 Å². The second-order valence-electron chi connectivity index (χ2n) is 4.93. The Morgan fingerprint density at radius 2 is 1.53 bits per heavy atom. The van der Waals surface area contributed by atoms with Crippen LogP contribution in [0.3, 0.4) is 0 Å². The topological polar surface area (TPSA) is 15.3 Å². The molecule has 1 atom stereocenters. The lowest BCUT2D eigenvalue weighted by Gasteiger charge is -2.35. The van der Waals surface area contributed by atoms with Gasteiger partial charge in [0.1, 0.15) is 0 Å². The van der Waals surface area contributed by atoms with Crippen LogP contribution in [0.1, 0.15) is 17.2 Å². The van der Waals surface area contributed by atoms with Crippen molar-refractivity contribution in [1.82, 2.24) is 10.2 Å². The molecule has 97 valence electrons. The summed E-state index contributed by atoms with van der Waals surface area (Å²) >= 11 is 0. The molecule has 2 nitrogen and oxygen atoms in total. The Morgan fingerprint density at radius 3 is 2.21 bits per heavy atom. The number of rotatable bonds is 3. The van der Waals surface area contributed by atoms with Gasteiger partial charge < -0.3 is 5.32 Å². The summed E-state index contributed by atoms with van der Waals surface area (Å²) in [7, 11) is 0. The van der Waals surface area contributed by atoms with E-state index in [1.54, 1.807) is 0 Å². The van der Waals surface area contributed by atoms with E-state index in [9.17, 15) is 0 Å². The van der Waals surface area contributed by atoms with Crippen molar-refractivity contribution >= 4 is 0 Å². The molecule has 1 N–H and O–H groups in total. The van der Waals surface area contributed by atoms with Gasteiger partial charge in [-0.1, -0.05) is 54.6 Å². The number of hydrogen-bond acceptors (Lipinski definition) is 2. The van der Waals surface area contributed by atoms with Crippen LogP contribution in [0.25, 0.3) is 0 Å². The first-order valence-corrected chi connectivity index (χ1v) is 6.91. The molecule has 19 heavy (non-hydrogen) atoms.